The molecule has 2 aromatic carbocycles. The number of nitrogens with zero attached hydrogens (tertiary/aromatic N) is 1. The van der Waals surface area contributed by atoms with Crippen molar-refractivity contribution >= 4 is 22.4 Å². The van der Waals surface area contributed by atoms with E-state index >= 15 is 0 Å². The molecule has 104 valence electrons. The summed E-state index contributed by atoms with van der Waals surface area (Å²) in [6, 6.07) is 14.4. The number of hydrogen-bond acceptors (Lipinski definition) is 2. The Balaban J connectivity index is 2.14. The van der Waals surface area contributed by atoms with Crippen LogP contribution in [0.2, 0.25) is 0 Å². The number of carbonyl (C=O) groups is 1. The highest BCUT2D eigenvalue weighted by Crippen LogP contribution is 2.16. The topological polar surface area (TPSA) is 41.5 Å². The number of fused-ring (bicyclic) bond motifs is 1. The molecule has 20 heavy (non-hydrogen) atoms. The molecule has 0 radical (unpaired) electrons. The Bertz CT molecular complexity index is 644. The van der Waals surface area contributed by atoms with Crippen molar-refractivity contribution in [2.24, 2.45) is 11.0 Å². The standard InChI is InChI=1S/C17H20N2O/c1-12(2)10-17(20)19-18-13(3)15-9-8-14-6-4-5-7-16(14)11-15/h4-9,11-12H,10H2,1-3H3,(H,19,20). The first-order chi connectivity index (χ1) is 9.56. The summed E-state index contributed by atoms with van der Waals surface area (Å²) < 4.78 is 0. The van der Waals surface area contributed by atoms with Crippen molar-refractivity contribution in [1.29, 1.82) is 0 Å². The van der Waals surface area contributed by atoms with Crippen molar-refractivity contribution in [2.75, 3.05) is 0 Å². The first-order valence-electron chi connectivity index (χ1n) is 6.88. The van der Waals surface area contributed by atoms with Crippen LogP contribution < -0.4 is 5.43 Å². The summed E-state index contributed by atoms with van der Waals surface area (Å²) in [6.45, 7) is 5.93. The number of nitrogens with one attached hydrogen (secondary N) is 1. The number of hydrogen-bond donors (Lipinski definition) is 1. The van der Waals surface area contributed by atoms with Crippen LogP contribution in [0.25, 0.3) is 10.8 Å². The zero-order valence-corrected chi connectivity index (χ0v) is 12.2. The highest BCUT2D eigenvalue weighted by Gasteiger charge is 2.04. The van der Waals surface area contributed by atoms with Gasteiger partial charge >= 0.3 is 0 Å². The van der Waals surface area contributed by atoms with Gasteiger partial charge in [0.15, 0.2) is 0 Å². The molecule has 1 amide bonds. The van der Waals surface area contributed by atoms with Crippen molar-refractivity contribution in [3.63, 3.8) is 0 Å². The quantitative estimate of drug-likeness (QED) is 0.666. The van der Waals surface area contributed by atoms with Crippen molar-refractivity contribution in [2.45, 2.75) is 27.2 Å². The maximum absolute atomic E-state index is 11.6. The molecule has 0 aromatic heterocycles. The summed E-state index contributed by atoms with van der Waals surface area (Å²) in [4.78, 5) is 11.6. The Morgan fingerprint density at radius 3 is 2.55 bits per heavy atom. The van der Waals surface area contributed by atoms with Crippen molar-refractivity contribution in [3.8, 4) is 0 Å². The Morgan fingerprint density at radius 2 is 1.85 bits per heavy atom. The van der Waals surface area contributed by atoms with E-state index in [-0.39, 0.29) is 5.91 Å². The van der Waals surface area contributed by atoms with Crippen LogP contribution in [0, 0.1) is 5.92 Å². The van der Waals surface area contributed by atoms with Crippen LogP contribution in [0.3, 0.4) is 0 Å². The van der Waals surface area contributed by atoms with Crippen LogP contribution in [0.1, 0.15) is 32.8 Å². The Kier molecular flexibility index (Phi) is 4.51. The molecule has 2 rings (SSSR count). The van der Waals surface area contributed by atoms with Gasteiger partial charge in [0.05, 0.1) is 5.71 Å². The maximum Gasteiger partial charge on any atom is 0.240 e. The summed E-state index contributed by atoms with van der Waals surface area (Å²) in [5, 5.41) is 6.55. The minimum atomic E-state index is -0.0415. The van der Waals surface area contributed by atoms with E-state index in [2.05, 4.69) is 34.8 Å². The molecular formula is C17H20N2O. The van der Waals surface area contributed by atoms with E-state index in [0.717, 1.165) is 11.3 Å². The average molecular weight is 268 g/mol. The lowest BCUT2D eigenvalue weighted by Gasteiger charge is -2.06. The van der Waals surface area contributed by atoms with Gasteiger partial charge < -0.3 is 0 Å². The van der Waals surface area contributed by atoms with Crippen molar-refractivity contribution < 1.29 is 4.79 Å². The zero-order chi connectivity index (χ0) is 14.5. The summed E-state index contributed by atoms with van der Waals surface area (Å²) >= 11 is 0. The predicted octanol–water partition coefficient (Wildman–Crippen LogP) is 3.73. The fraction of sp³-hybridized carbons (Fsp3) is 0.294. The van der Waals surface area contributed by atoms with Gasteiger partial charge in [0.2, 0.25) is 5.91 Å². The average Bonchev–Trinajstić information content (AvgIpc) is 2.43. The lowest BCUT2D eigenvalue weighted by Crippen LogP contribution is -2.20. The molecule has 0 spiro atoms. The molecule has 0 saturated heterocycles. The van der Waals surface area contributed by atoms with Gasteiger partial charge in [0, 0.05) is 6.42 Å². The lowest BCUT2D eigenvalue weighted by atomic mass is 10.0. The van der Waals surface area contributed by atoms with Gasteiger partial charge in [-0.05, 0) is 35.2 Å². The molecule has 0 aliphatic heterocycles. The molecule has 3 heteroatoms. The molecule has 0 atom stereocenters. The molecule has 0 unspecified atom stereocenters. The van der Waals surface area contributed by atoms with E-state index in [4.69, 9.17) is 0 Å². The van der Waals surface area contributed by atoms with E-state index < -0.39 is 0 Å². The van der Waals surface area contributed by atoms with Crippen molar-refractivity contribution in [1.82, 2.24) is 5.43 Å². The second kappa shape index (κ2) is 6.33. The number of rotatable bonds is 4. The Hall–Kier alpha value is -2.16. The minimum absolute atomic E-state index is 0.0415. The van der Waals surface area contributed by atoms with E-state index in [0.29, 0.717) is 12.3 Å². The SMILES string of the molecule is CC(=NNC(=O)CC(C)C)c1ccc2ccccc2c1. The highest BCUT2D eigenvalue weighted by molar-refractivity contribution is 6.02. The highest BCUT2D eigenvalue weighted by atomic mass is 16.2. The predicted molar refractivity (Wildman–Crippen MR) is 83.8 cm³/mol. The van der Waals surface area contributed by atoms with Crippen LogP contribution in [0.5, 0.6) is 0 Å². The summed E-state index contributed by atoms with van der Waals surface area (Å²) in [5.41, 5.74) is 4.44. The lowest BCUT2D eigenvalue weighted by molar-refractivity contribution is -0.121. The monoisotopic (exact) mass is 268 g/mol. The van der Waals surface area contributed by atoms with Gasteiger partial charge in [-0.15, -0.1) is 0 Å². The van der Waals surface area contributed by atoms with E-state index in [9.17, 15) is 4.79 Å². The van der Waals surface area contributed by atoms with Crippen LogP contribution >= 0.6 is 0 Å². The maximum atomic E-state index is 11.6. The minimum Gasteiger partial charge on any atom is -0.273 e. The molecular weight excluding hydrogens is 248 g/mol. The first-order valence-corrected chi connectivity index (χ1v) is 6.88. The van der Waals surface area contributed by atoms with Gasteiger partial charge in [-0.1, -0.05) is 50.2 Å². The fourth-order valence-electron chi connectivity index (χ4n) is 2.04. The molecule has 0 aliphatic carbocycles. The number of carbonyl (C=O) groups excluding carboxylic acids is 1. The summed E-state index contributed by atoms with van der Waals surface area (Å²) in [7, 11) is 0. The second-order valence-electron chi connectivity index (χ2n) is 5.39. The number of hydrazone groups is 1. The van der Waals surface area contributed by atoms with Crippen molar-refractivity contribution in [3.05, 3.63) is 48.0 Å². The third-order valence-corrected chi connectivity index (χ3v) is 3.11. The van der Waals surface area contributed by atoms with E-state index in [1.807, 2.05) is 39.0 Å². The first kappa shape index (κ1) is 14.3. The smallest absolute Gasteiger partial charge is 0.240 e. The van der Waals surface area contributed by atoms with Gasteiger partial charge in [-0.2, -0.15) is 5.10 Å². The van der Waals surface area contributed by atoms with Gasteiger partial charge in [-0.3, -0.25) is 4.79 Å². The Labute approximate surface area is 119 Å². The van der Waals surface area contributed by atoms with Gasteiger partial charge in [0.25, 0.3) is 0 Å². The van der Waals surface area contributed by atoms with Gasteiger partial charge in [0.1, 0.15) is 0 Å². The van der Waals surface area contributed by atoms with E-state index in [1.54, 1.807) is 0 Å². The molecule has 0 aliphatic rings. The fourth-order valence-corrected chi connectivity index (χ4v) is 2.04. The largest absolute Gasteiger partial charge is 0.273 e. The van der Waals surface area contributed by atoms with Crippen LogP contribution in [-0.4, -0.2) is 11.6 Å². The molecule has 0 bridgehead atoms. The molecule has 2 aromatic rings. The van der Waals surface area contributed by atoms with Crippen LogP contribution in [0.15, 0.2) is 47.6 Å². The molecule has 3 nitrogen and oxygen atoms in total. The molecule has 0 heterocycles. The molecule has 0 saturated carbocycles. The summed E-state index contributed by atoms with van der Waals surface area (Å²) in [6.07, 6.45) is 0.495. The molecule has 1 N–H and O–H groups in total. The summed E-state index contributed by atoms with van der Waals surface area (Å²) in [5.74, 6) is 0.298. The second-order valence-corrected chi connectivity index (χ2v) is 5.39. The third kappa shape index (κ3) is 3.67. The Morgan fingerprint density at radius 1 is 1.15 bits per heavy atom. The van der Waals surface area contributed by atoms with Crippen LogP contribution in [-0.2, 0) is 4.79 Å². The van der Waals surface area contributed by atoms with Gasteiger partial charge in [-0.25, -0.2) is 5.43 Å². The van der Waals surface area contributed by atoms with E-state index in [1.165, 1.54) is 10.8 Å². The molecule has 0 fully saturated rings. The third-order valence-electron chi connectivity index (χ3n) is 3.11. The number of amides is 1. The zero-order valence-electron chi connectivity index (χ0n) is 12.2. The normalized spacial score (nSPS) is 11.9. The number of benzene rings is 2. The van der Waals surface area contributed by atoms with Crippen LogP contribution in [0.4, 0.5) is 0 Å².